The monoisotopic (exact) mass is 277 g/mol. The SMILES string of the molecule is CCNC(Cc1cc(F)ccc1Cl)c1ccccc1. The van der Waals surface area contributed by atoms with Crippen LogP contribution in [0.15, 0.2) is 48.5 Å². The highest BCUT2D eigenvalue weighted by Crippen LogP contribution is 2.24. The van der Waals surface area contributed by atoms with Crippen molar-refractivity contribution in [3.05, 3.63) is 70.5 Å². The molecule has 0 saturated carbocycles. The van der Waals surface area contributed by atoms with Crippen LogP contribution in [0.2, 0.25) is 5.02 Å². The Morgan fingerprint density at radius 3 is 2.58 bits per heavy atom. The third-order valence-electron chi connectivity index (χ3n) is 3.08. The molecule has 0 aliphatic carbocycles. The largest absolute Gasteiger partial charge is 0.310 e. The van der Waals surface area contributed by atoms with Gasteiger partial charge in [0.25, 0.3) is 0 Å². The van der Waals surface area contributed by atoms with Gasteiger partial charge in [0.15, 0.2) is 0 Å². The van der Waals surface area contributed by atoms with Gasteiger partial charge in [0.2, 0.25) is 0 Å². The fourth-order valence-electron chi connectivity index (χ4n) is 2.16. The number of likely N-dealkylation sites (N-methyl/N-ethyl adjacent to an activating group) is 1. The van der Waals surface area contributed by atoms with Gasteiger partial charge in [-0.05, 0) is 42.3 Å². The van der Waals surface area contributed by atoms with Gasteiger partial charge in [-0.1, -0.05) is 48.9 Å². The zero-order chi connectivity index (χ0) is 13.7. The quantitative estimate of drug-likeness (QED) is 0.856. The van der Waals surface area contributed by atoms with Crippen LogP contribution in [0.3, 0.4) is 0 Å². The smallest absolute Gasteiger partial charge is 0.123 e. The molecular formula is C16H17ClFN. The van der Waals surface area contributed by atoms with Gasteiger partial charge in [0.05, 0.1) is 0 Å². The first kappa shape index (κ1) is 14.0. The van der Waals surface area contributed by atoms with E-state index >= 15 is 0 Å². The van der Waals surface area contributed by atoms with Gasteiger partial charge in [-0.3, -0.25) is 0 Å². The Labute approximate surface area is 118 Å². The first-order chi connectivity index (χ1) is 9.20. The van der Waals surface area contributed by atoms with Gasteiger partial charge in [-0.2, -0.15) is 0 Å². The average Bonchev–Trinajstić information content (AvgIpc) is 2.43. The second-order valence-corrected chi connectivity index (χ2v) is 4.87. The molecule has 0 aromatic heterocycles. The summed E-state index contributed by atoms with van der Waals surface area (Å²) in [5, 5.41) is 4.02. The summed E-state index contributed by atoms with van der Waals surface area (Å²) in [6.45, 7) is 2.91. The van der Waals surface area contributed by atoms with E-state index in [0.29, 0.717) is 11.4 Å². The molecule has 0 aliphatic rings. The molecule has 1 unspecified atom stereocenters. The third-order valence-corrected chi connectivity index (χ3v) is 3.45. The maximum atomic E-state index is 13.3. The molecule has 1 atom stereocenters. The Bertz CT molecular complexity index is 528. The van der Waals surface area contributed by atoms with Crippen LogP contribution in [0.1, 0.15) is 24.1 Å². The summed E-state index contributed by atoms with van der Waals surface area (Å²) in [4.78, 5) is 0. The first-order valence-electron chi connectivity index (χ1n) is 6.43. The molecule has 19 heavy (non-hydrogen) atoms. The molecule has 0 bridgehead atoms. The van der Waals surface area contributed by atoms with Crippen LogP contribution in [0.5, 0.6) is 0 Å². The minimum Gasteiger partial charge on any atom is -0.310 e. The van der Waals surface area contributed by atoms with Crippen molar-refractivity contribution in [2.75, 3.05) is 6.54 Å². The lowest BCUT2D eigenvalue weighted by Crippen LogP contribution is -2.23. The fourth-order valence-corrected chi connectivity index (χ4v) is 2.35. The summed E-state index contributed by atoms with van der Waals surface area (Å²) in [5.41, 5.74) is 2.01. The highest BCUT2D eigenvalue weighted by atomic mass is 35.5. The van der Waals surface area contributed by atoms with Crippen LogP contribution in [0, 0.1) is 5.82 Å². The molecule has 0 aliphatic heterocycles. The summed E-state index contributed by atoms with van der Waals surface area (Å²) >= 11 is 6.13. The Morgan fingerprint density at radius 1 is 1.16 bits per heavy atom. The van der Waals surface area contributed by atoms with Crippen molar-refractivity contribution >= 4 is 11.6 Å². The molecular weight excluding hydrogens is 261 g/mol. The minimum absolute atomic E-state index is 0.144. The molecule has 0 spiro atoms. The zero-order valence-electron chi connectivity index (χ0n) is 10.9. The van der Waals surface area contributed by atoms with Crippen molar-refractivity contribution in [3.8, 4) is 0 Å². The summed E-state index contributed by atoms with van der Waals surface area (Å²) < 4.78 is 13.3. The van der Waals surface area contributed by atoms with Crippen LogP contribution in [-0.2, 0) is 6.42 Å². The lowest BCUT2D eigenvalue weighted by molar-refractivity contribution is 0.547. The Kier molecular flexibility index (Phi) is 4.94. The normalized spacial score (nSPS) is 12.4. The number of hydrogen-bond acceptors (Lipinski definition) is 1. The van der Waals surface area contributed by atoms with E-state index in [-0.39, 0.29) is 11.9 Å². The Hall–Kier alpha value is -1.38. The fraction of sp³-hybridized carbons (Fsp3) is 0.250. The number of nitrogens with one attached hydrogen (secondary N) is 1. The van der Waals surface area contributed by atoms with Gasteiger partial charge in [0, 0.05) is 11.1 Å². The van der Waals surface area contributed by atoms with Crippen LogP contribution in [0.4, 0.5) is 4.39 Å². The van der Waals surface area contributed by atoms with Crippen molar-refractivity contribution in [2.24, 2.45) is 0 Å². The molecule has 100 valence electrons. The molecule has 0 saturated heterocycles. The maximum absolute atomic E-state index is 13.3. The summed E-state index contributed by atoms with van der Waals surface area (Å²) in [6, 6.07) is 14.8. The van der Waals surface area contributed by atoms with E-state index in [1.807, 2.05) is 18.2 Å². The van der Waals surface area contributed by atoms with E-state index < -0.39 is 0 Å². The summed E-state index contributed by atoms with van der Waals surface area (Å²) in [7, 11) is 0. The van der Waals surface area contributed by atoms with E-state index in [4.69, 9.17) is 11.6 Å². The van der Waals surface area contributed by atoms with Crippen molar-refractivity contribution in [1.29, 1.82) is 0 Å². The van der Waals surface area contributed by atoms with Crippen molar-refractivity contribution in [2.45, 2.75) is 19.4 Å². The van der Waals surface area contributed by atoms with Crippen LogP contribution in [0.25, 0.3) is 0 Å². The number of rotatable bonds is 5. The molecule has 0 amide bonds. The standard InChI is InChI=1S/C16H17ClFN/c1-2-19-16(12-6-4-3-5-7-12)11-13-10-14(18)8-9-15(13)17/h3-10,16,19H,2,11H2,1H3. The van der Waals surface area contributed by atoms with E-state index in [9.17, 15) is 4.39 Å². The molecule has 2 aromatic rings. The second kappa shape index (κ2) is 6.69. The van der Waals surface area contributed by atoms with Crippen molar-refractivity contribution < 1.29 is 4.39 Å². The minimum atomic E-state index is -0.247. The van der Waals surface area contributed by atoms with E-state index in [1.54, 1.807) is 6.07 Å². The van der Waals surface area contributed by atoms with Gasteiger partial charge >= 0.3 is 0 Å². The molecule has 2 aromatic carbocycles. The highest BCUT2D eigenvalue weighted by Gasteiger charge is 2.13. The number of halogens is 2. The zero-order valence-corrected chi connectivity index (χ0v) is 11.6. The molecule has 0 radical (unpaired) electrons. The lowest BCUT2D eigenvalue weighted by atomic mass is 9.98. The van der Waals surface area contributed by atoms with Crippen LogP contribution < -0.4 is 5.32 Å². The van der Waals surface area contributed by atoms with E-state index in [2.05, 4.69) is 24.4 Å². The third kappa shape index (κ3) is 3.79. The molecule has 0 fully saturated rings. The lowest BCUT2D eigenvalue weighted by Gasteiger charge is -2.19. The Balaban J connectivity index is 2.24. The number of benzene rings is 2. The van der Waals surface area contributed by atoms with Crippen molar-refractivity contribution in [1.82, 2.24) is 5.32 Å². The van der Waals surface area contributed by atoms with Gasteiger partial charge < -0.3 is 5.32 Å². The average molecular weight is 278 g/mol. The topological polar surface area (TPSA) is 12.0 Å². The molecule has 3 heteroatoms. The first-order valence-corrected chi connectivity index (χ1v) is 6.80. The van der Waals surface area contributed by atoms with Gasteiger partial charge in [-0.25, -0.2) is 4.39 Å². The van der Waals surface area contributed by atoms with Crippen molar-refractivity contribution in [3.63, 3.8) is 0 Å². The van der Waals surface area contributed by atoms with Crippen LogP contribution >= 0.6 is 11.6 Å². The molecule has 1 nitrogen and oxygen atoms in total. The molecule has 0 heterocycles. The van der Waals surface area contributed by atoms with Gasteiger partial charge in [-0.15, -0.1) is 0 Å². The van der Waals surface area contributed by atoms with E-state index in [1.165, 1.54) is 17.7 Å². The maximum Gasteiger partial charge on any atom is 0.123 e. The van der Waals surface area contributed by atoms with Gasteiger partial charge in [0.1, 0.15) is 5.82 Å². The Morgan fingerprint density at radius 2 is 1.89 bits per heavy atom. The predicted octanol–water partition coefficient (Wildman–Crippen LogP) is 4.37. The second-order valence-electron chi connectivity index (χ2n) is 4.46. The number of hydrogen-bond donors (Lipinski definition) is 1. The molecule has 1 N–H and O–H groups in total. The highest BCUT2D eigenvalue weighted by molar-refractivity contribution is 6.31. The molecule has 2 rings (SSSR count). The predicted molar refractivity (Wildman–Crippen MR) is 78.0 cm³/mol. The van der Waals surface area contributed by atoms with E-state index in [0.717, 1.165) is 12.1 Å². The summed E-state index contributed by atoms with van der Waals surface area (Å²) in [6.07, 6.45) is 0.675. The summed E-state index contributed by atoms with van der Waals surface area (Å²) in [5.74, 6) is -0.247. The van der Waals surface area contributed by atoms with Crippen LogP contribution in [-0.4, -0.2) is 6.54 Å².